The smallest absolute Gasteiger partial charge is 0.254 e. The van der Waals surface area contributed by atoms with Crippen LogP contribution in [-0.2, 0) is 9.53 Å². The van der Waals surface area contributed by atoms with Crippen molar-refractivity contribution in [3.05, 3.63) is 47.7 Å². The SMILES string of the molecule is Cc1ccc(C(=O)N(CCCN2CCOCC2)CC(=O)Nc2ccon2)cc1. The zero-order chi connectivity index (χ0) is 19.8. The van der Waals surface area contributed by atoms with Gasteiger partial charge in [-0.2, -0.15) is 0 Å². The summed E-state index contributed by atoms with van der Waals surface area (Å²) in [6.07, 6.45) is 2.17. The second-order valence-corrected chi connectivity index (χ2v) is 6.83. The van der Waals surface area contributed by atoms with Gasteiger partial charge in [0.25, 0.3) is 5.91 Å². The van der Waals surface area contributed by atoms with Crippen LogP contribution in [0.3, 0.4) is 0 Å². The highest BCUT2D eigenvalue weighted by Gasteiger charge is 2.20. The van der Waals surface area contributed by atoms with Crippen molar-refractivity contribution in [3.8, 4) is 0 Å². The minimum atomic E-state index is -0.305. The van der Waals surface area contributed by atoms with Crippen molar-refractivity contribution in [2.75, 3.05) is 51.3 Å². The molecule has 1 aliphatic rings. The van der Waals surface area contributed by atoms with Crippen LogP contribution in [0, 0.1) is 6.92 Å². The molecule has 28 heavy (non-hydrogen) atoms. The number of carbonyl (C=O) groups is 2. The Morgan fingerprint density at radius 1 is 1.18 bits per heavy atom. The molecule has 1 fully saturated rings. The summed E-state index contributed by atoms with van der Waals surface area (Å²) >= 11 is 0. The summed E-state index contributed by atoms with van der Waals surface area (Å²) in [6.45, 7) is 6.58. The Labute approximate surface area is 164 Å². The Morgan fingerprint density at radius 3 is 2.61 bits per heavy atom. The third kappa shape index (κ3) is 5.90. The Kier molecular flexibility index (Phi) is 7.16. The van der Waals surface area contributed by atoms with E-state index in [-0.39, 0.29) is 18.4 Å². The quantitative estimate of drug-likeness (QED) is 0.744. The summed E-state index contributed by atoms with van der Waals surface area (Å²) in [6, 6.07) is 8.94. The summed E-state index contributed by atoms with van der Waals surface area (Å²) in [5, 5.41) is 6.31. The number of aryl methyl sites for hydroxylation is 1. The Hall–Kier alpha value is -2.71. The number of amides is 2. The van der Waals surface area contributed by atoms with Gasteiger partial charge in [-0.15, -0.1) is 0 Å². The van der Waals surface area contributed by atoms with Gasteiger partial charge in [0.15, 0.2) is 5.82 Å². The summed E-state index contributed by atoms with van der Waals surface area (Å²) < 4.78 is 10.1. The van der Waals surface area contributed by atoms with Crippen molar-refractivity contribution in [1.82, 2.24) is 15.0 Å². The fraction of sp³-hybridized carbons (Fsp3) is 0.450. The normalized spacial score (nSPS) is 14.6. The number of morpholine rings is 1. The highest BCUT2D eigenvalue weighted by atomic mass is 16.5. The third-order valence-electron chi connectivity index (χ3n) is 4.63. The molecule has 3 rings (SSSR count). The third-order valence-corrected chi connectivity index (χ3v) is 4.63. The highest BCUT2D eigenvalue weighted by molar-refractivity contribution is 5.99. The van der Waals surface area contributed by atoms with Crippen molar-refractivity contribution in [2.45, 2.75) is 13.3 Å². The average molecular weight is 386 g/mol. The minimum absolute atomic E-state index is 0.0390. The Bertz CT molecular complexity index is 755. The summed E-state index contributed by atoms with van der Waals surface area (Å²) in [7, 11) is 0. The summed E-state index contributed by atoms with van der Waals surface area (Å²) in [4.78, 5) is 29.2. The first kappa shape index (κ1) is 20.0. The first-order valence-corrected chi connectivity index (χ1v) is 9.48. The molecule has 8 nitrogen and oxygen atoms in total. The number of nitrogens with zero attached hydrogens (tertiary/aromatic N) is 3. The number of aromatic nitrogens is 1. The van der Waals surface area contributed by atoms with Crippen LogP contribution in [0.25, 0.3) is 0 Å². The van der Waals surface area contributed by atoms with E-state index in [0.717, 1.165) is 44.8 Å². The van der Waals surface area contributed by atoms with E-state index in [9.17, 15) is 9.59 Å². The molecule has 0 unspecified atom stereocenters. The molecular weight excluding hydrogens is 360 g/mol. The van der Waals surface area contributed by atoms with E-state index in [4.69, 9.17) is 9.26 Å². The lowest BCUT2D eigenvalue weighted by molar-refractivity contribution is -0.117. The maximum atomic E-state index is 13.0. The van der Waals surface area contributed by atoms with Crippen LogP contribution >= 0.6 is 0 Å². The molecule has 0 spiro atoms. The van der Waals surface area contributed by atoms with E-state index in [0.29, 0.717) is 17.9 Å². The minimum Gasteiger partial charge on any atom is -0.379 e. The predicted octanol–water partition coefficient (Wildman–Crippen LogP) is 1.79. The van der Waals surface area contributed by atoms with Crippen molar-refractivity contribution >= 4 is 17.6 Å². The van der Waals surface area contributed by atoms with Crippen molar-refractivity contribution in [2.24, 2.45) is 0 Å². The maximum Gasteiger partial charge on any atom is 0.254 e. The first-order chi connectivity index (χ1) is 13.6. The van der Waals surface area contributed by atoms with Crippen LogP contribution in [0.2, 0.25) is 0 Å². The molecule has 0 atom stereocenters. The number of hydrogen-bond acceptors (Lipinski definition) is 6. The van der Waals surface area contributed by atoms with Crippen LogP contribution in [0.15, 0.2) is 41.1 Å². The molecule has 0 bridgehead atoms. The van der Waals surface area contributed by atoms with Crippen molar-refractivity contribution in [3.63, 3.8) is 0 Å². The number of ether oxygens (including phenoxy) is 1. The van der Waals surface area contributed by atoms with Crippen LogP contribution in [0.5, 0.6) is 0 Å². The number of anilines is 1. The van der Waals surface area contributed by atoms with Crippen LogP contribution < -0.4 is 5.32 Å². The molecule has 1 N–H and O–H groups in total. The molecule has 0 radical (unpaired) electrons. The van der Waals surface area contributed by atoms with Crippen LogP contribution in [0.1, 0.15) is 22.3 Å². The average Bonchev–Trinajstić information content (AvgIpc) is 3.21. The number of hydrogen-bond donors (Lipinski definition) is 1. The fourth-order valence-electron chi connectivity index (χ4n) is 3.07. The van der Waals surface area contributed by atoms with E-state index >= 15 is 0 Å². The van der Waals surface area contributed by atoms with E-state index in [1.54, 1.807) is 23.1 Å². The topological polar surface area (TPSA) is 87.9 Å². The molecule has 2 heterocycles. The monoisotopic (exact) mass is 386 g/mol. The molecule has 1 aliphatic heterocycles. The molecule has 1 aromatic heterocycles. The van der Waals surface area contributed by atoms with Gasteiger partial charge in [0.1, 0.15) is 12.8 Å². The van der Waals surface area contributed by atoms with Gasteiger partial charge in [-0.3, -0.25) is 14.5 Å². The number of rotatable bonds is 8. The maximum absolute atomic E-state index is 13.0. The molecule has 8 heteroatoms. The number of nitrogens with one attached hydrogen (secondary N) is 1. The molecular formula is C20H26N4O4. The highest BCUT2D eigenvalue weighted by Crippen LogP contribution is 2.10. The molecule has 0 aliphatic carbocycles. The van der Waals surface area contributed by atoms with Gasteiger partial charge in [0.2, 0.25) is 5.91 Å². The second-order valence-electron chi connectivity index (χ2n) is 6.83. The fourth-order valence-corrected chi connectivity index (χ4v) is 3.07. The molecule has 0 saturated carbocycles. The van der Waals surface area contributed by atoms with E-state index in [1.807, 2.05) is 19.1 Å². The Morgan fingerprint density at radius 2 is 1.93 bits per heavy atom. The van der Waals surface area contributed by atoms with E-state index in [1.165, 1.54) is 6.26 Å². The summed E-state index contributed by atoms with van der Waals surface area (Å²) in [5.41, 5.74) is 1.66. The Balaban J connectivity index is 1.60. The van der Waals surface area contributed by atoms with E-state index < -0.39 is 0 Å². The zero-order valence-corrected chi connectivity index (χ0v) is 16.1. The van der Waals surface area contributed by atoms with Crippen LogP contribution in [-0.4, -0.2) is 72.7 Å². The van der Waals surface area contributed by atoms with Gasteiger partial charge in [0.05, 0.1) is 13.2 Å². The lowest BCUT2D eigenvalue weighted by atomic mass is 10.1. The lowest BCUT2D eigenvalue weighted by Gasteiger charge is -2.28. The van der Waals surface area contributed by atoms with Crippen molar-refractivity contribution in [1.29, 1.82) is 0 Å². The lowest BCUT2D eigenvalue weighted by Crippen LogP contribution is -2.41. The molecule has 1 saturated heterocycles. The summed E-state index contributed by atoms with van der Waals surface area (Å²) in [5.74, 6) is -0.126. The van der Waals surface area contributed by atoms with Gasteiger partial charge in [-0.25, -0.2) is 0 Å². The van der Waals surface area contributed by atoms with E-state index in [2.05, 4.69) is 15.4 Å². The first-order valence-electron chi connectivity index (χ1n) is 9.48. The largest absolute Gasteiger partial charge is 0.379 e. The van der Waals surface area contributed by atoms with Gasteiger partial charge >= 0.3 is 0 Å². The molecule has 150 valence electrons. The van der Waals surface area contributed by atoms with Gasteiger partial charge in [-0.1, -0.05) is 22.9 Å². The second kappa shape index (κ2) is 10.0. The number of carbonyl (C=O) groups excluding carboxylic acids is 2. The van der Waals surface area contributed by atoms with Gasteiger partial charge < -0.3 is 19.5 Å². The molecule has 2 aromatic rings. The molecule has 2 amide bonds. The molecule has 1 aromatic carbocycles. The van der Waals surface area contributed by atoms with Crippen molar-refractivity contribution < 1.29 is 18.8 Å². The standard InChI is InChI=1S/C20H26N4O4/c1-16-3-5-17(6-4-16)20(26)24(9-2-8-23-10-13-27-14-11-23)15-19(25)21-18-7-12-28-22-18/h3-7,12H,2,8-11,13-15H2,1H3,(H,21,22,25). The van der Waals surface area contributed by atoms with Gasteiger partial charge in [-0.05, 0) is 25.5 Å². The zero-order valence-electron chi connectivity index (χ0n) is 16.1. The predicted molar refractivity (Wildman–Crippen MR) is 104 cm³/mol. The number of benzene rings is 1. The van der Waals surface area contributed by atoms with Crippen LogP contribution in [0.4, 0.5) is 5.82 Å². The van der Waals surface area contributed by atoms with Gasteiger partial charge in [0, 0.05) is 37.8 Å².